The molecular weight excluding hydrogens is 298 g/mol. The molecule has 0 bridgehead atoms. The Kier molecular flexibility index (Phi) is 3.98. The van der Waals surface area contributed by atoms with E-state index in [2.05, 4.69) is 5.32 Å². The monoisotopic (exact) mass is 311 g/mol. The molecule has 3 nitrogen and oxygen atoms in total. The van der Waals surface area contributed by atoms with Crippen molar-refractivity contribution in [2.24, 2.45) is 0 Å². The SMILES string of the molecule is Cc1oc(-c2ccccc2)cc1C(=O)Nc1ccccc1Cl. The summed E-state index contributed by atoms with van der Waals surface area (Å²) in [4.78, 5) is 12.4. The van der Waals surface area contributed by atoms with Crippen molar-refractivity contribution < 1.29 is 9.21 Å². The second kappa shape index (κ2) is 6.08. The number of aryl methyl sites for hydroxylation is 1. The fraction of sp³-hybridized carbons (Fsp3) is 0.0556. The Morgan fingerprint density at radius 1 is 1.05 bits per heavy atom. The third-order valence-corrected chi connectivity index (χ3v) is 3.67. The zero-order valence-electron chi connectivity index (χ0n) is 12.0. The largest absolute Gasteiger partial charge is 0.461 e. The first-order valence-electron chi connectivity index (χ1n) is 6.87. The molecule has 0 unspecified atom stereocenters. The summed E-state index contributed by atoms with van der Waals surface area (Å²) in [6.07, 6.45) is 0. The van der Waals surface area contributed by atoms with Crippen LogP contribution in [-0.4, -0.2) is 5.91 Å². The van der Waals surface area contributed by atoms with Crippen LogP contribution in [0.3, 0.4) is 0 Å². The summed E-state index contributed by atoms with van der Waals surface area (Å²) < 4.78 is 5.70. The number of rotatable bonds is 3. The Morgan fingerprint density at radius 2 is 1.73 bits per heavy atom. The molecule has 0 aliphatic heterocycles. The number of para-hydroxylation sites is 1. The van der Waals surface area contributed by atoms with Crippen LogP contribution in [0.15, 0.2) is 65.1 Å². The van der Waals surface area contributed by atoms with Crippen molar-refractivity contribution in [1.82, 2.24) is 0 Å². The molecule has 0 aliphatic rings. The summed E-state index contributed by atoms with van der Waals surface area (Å²) in [7, 11) is 0. The first-order valence-corrected chi connectivity index (χ1v) is 7.24. The van der Waals surface area contributed by atoms with Crippen LogP contribution in [-0.2, 0) is 0 Å². The molecular formula is C18H14ClNO2. The Balaban J connectivity index is 1.88. The maximum Gasteiger partial charge on any atom is 0.259 e. The van der Waals surface area contributed by atoms with Crippen molar-refractivity contribution in [3.63, 3.8) is 0 Å². The lowest BCUT2D eigenvalue weighted by Crippen LogP contribution is -2.12. The van der Waals surface area contributed by atoms with E-state index >= 15 is 0 Å². The smallest absolute Gasteiger partial charge is 0.259 e. The van der Waals surface area contributed by atoms with Gasteiger partial charge in [-0.15, -0.1) is 0 Å². The second-order valence-electron chi connectivity index (χ2n) is 4.88. The number of hydrogen-bond donors (Lipinski definition) is 1. The van der Waals surface area contributed by atoms with Gasteiger partial charge < -0.3 is 9.73 Å². The normalized spacial score (nSPS) is 10.5. The summed E-state index contributed by atoms with van der Waals surface area (Å²) in [6.45, 7) is 1.77. The zero-order chi connectivity index (χ0) is 15.5. The third-order valence-electron chi connectivity index (χ3n) is 3.34. The quantitative estimate of drug-likeness (QED) is 0.726. The van der Waals surface area contributed by atoms with Crippen LogP contribution < -0.4 is 5.32 Å². The lowest BCUT2D eigenvalue weighted by atomic mass is 10.1. The van der Waals surface area contributed by atoms with Crippen molar-refractivity contribution in [2.45, 2.75) is 6.92 Å². The predicted molar refractivity (Wildman–Crippen MR) is 88.3 cm³/mol. The number of benzene rings is 2. The van der Waals surface area contributed by atoms with Gasteiger partial charge >= 0.3 is 0 Å². The van der Waals surface area contributed by atoms with Crippen LogP contribution in [0.4, 0.5) is 5.69 Å². The summed E-state index contributed by atoms with van der Waals surface area (Å²) in [5.41, 5.74) is 2.01. The fourth-order valence-corrected chi connectivity index (χ4v) is 2.39. The van der Waals surface area contributed by atoms with E-state index in [0.717, 1.165) is 5.56 Å². The number of hydrogen-bond acceptors (Lipinski definition) is 2. The van der Waals surface area contributed by atoms with Gasteiger partial charge in [0.15, 0.2) is 0 Å². The van der Waals surface area contributed by atoms with E-state index in [1.165, 1.54) is 0 Å². The molecule has 4 heteroatoms. The highest BCUT2D eigenvalue weighted by atomic mass is 35.5. The molecule has 1 heterocycles. The van der Waals surface area contributed by atoms with E-state index in [-0.39, 0.29) is 5.91 Å². The average molecular weight is 312 g/mol. The minimum Gasteiger partial charge on any atom is -0.461 e. The maximum absolute atomic E-state index is 12.4. The van der Waals surface area contributed by atoms with Gasteiger partial charge in [-0.3, -0.25) is 4.79 Å². The molecule has 0 aliphatic carbocycles. The predicted octanol–water partition coefficient (Wildman–Crippen LogP) is 5.16. The number of carbonyl (C=O) groups is 1. The zero-order valence-corrected chi connectivity index (χ0v) is 12.7. The molecule has 22 heavy (non-hydrogen) atoms. The van der Waals surface area contributed by atoms with E-state index < -0.39 is 0 Å². The van der Waals surface area contributed by atoms with Crippen molar-refractivity contribution in [3.05, 3.63) is 77.0 Å². The second-order valence-corrected chi connectivity index (χ2v) is 5.29. The molecule has 0 saturated carbocycles. The highest BCUT2D eigenvalue weighted by molar-refractivity contribution is 6.33. The third kappa shape index (κ3) is 2.90. The van der Waals surface area contributed by atoms with Gasteiger partial charge in [-0.1, -0.05) is 54.1 Å². The molecule has 0 atom stereocenters. The van der Waals surface area contributed by atoms with Crippen LogP contribution in [0.5, 0.6) is 0 Å². The van der Waals surface area contributed by atoms with Gasteiger partial charge in [-0.2, -0.15) is 0 Å². The van der Waals surface area contributed by atoms with E-state index in [9.17, 15) is 4.79 Å². The minimum absolute atomic E-state index is 0.239. The van der Waals surface area contributed by atoms with Crippen LogP contribution in [0.2, 0.25) is 5.02 Å². The Morgan fingerprint density at radius 3 is 2.45 bits per heavy atom. The van der Waals surface area contributed by atoms with Gasteiger partial charge in [0.25, 0.3) is 5.91 Å². The Hall–Kier alpha value is -2.52. The summed E-state index contributed by atoms with van der Waals surface area (Å²) in [5, 5.41) is 3.30. The first-order chi connectivity index (χ1) is 10.6. The van der Waals surface area contributed by atoms with Crippen molar-refractivity contribution >= 4 is 23.2 Å². The number of furan rings is 1. The molecule has 0 radical (unpaired) electrons. The van der Waals surface area contributed by atoms with Gasteiger partial charge in [0.2, 0.25) is 0 Å². The summed E-state index contributed by atoms with van der Waals surface area (Å²) in [6, 6.07) is 18.5. The molecule has 0 spiro atoms. The minimum atomic E-state index is -0.239. The lowest BCUT2D eigenvalue weighted by Gasteiger charge is -2.05. The standard InChI is InChI=1S/C18H14ClNO2/c1-12-14(11-17(22-12)13-7-3-2-4-8-13)18(21)20-16-10-6-5-9-15(16)19/h2-11H,1H3,(H,20,21). The van der Waals surface area contributed by atoms with Crippen LogP contribution in [0.1, 0.15) is 16.1 Å². The number of halogens is 1. The molecule has 3 rings (SSSR count). The van der Waals surface area contributed by atoms with E-state index in [0.29, 0.717) is 27.8 Å². The number of amides is 1. The van der Waals surface area contributed by atoms with Gasteiger partial charge in [0.05, 0.1) is 16.3 Å². The molecule has 110 valence electrons. The lowest BCUT2D eigenvalue weighted by molar-refractivity contribution is 0.102. The average Bonchev–Trinajstić information content (AvgIpc) is 2.92. The van der Waals surface area contributed by atoms with Crippen molar-refractivity contribution in [3.8, 4) is 11.3 Å². The number of anilines is 1. The molecule has 1 N–H and O–H groups in total. The molecule has 1 amide bonds. The molecule has 0 fully saturated rings. The van der Waals surface area contributed by atoms with E-state index in [1.807, 2.05) is 42.5 Å². The van der Waals surface area contributed by atoms with Crippen LogP contribution >= 0.6 is 11.6 Å². The van der Waals surface area contributed by atoms with Crippen molar-refractivity contribution in [1.29, 1.82) is 0 Å². The summed E-state index contributed by atoms with van der Waals surface area (Å²) >= 11 is 6.06. The Bertz CT molecular complexity index is 809. The van der Waals surface area contributed by atoms with Gasteiger partial charge in [-0.25, -0.2) is 0 Å². The summed E-state index contributed by atoms with van der Waals surface area (Å²) in [5.74, 6) is 1.00. The highest BCUT2D eigenvalue weighted by Crippen LogP contribution is 2.27. The molecule has 0 saturated heterocycles. The van der Waals surface area contributed by atoms with Crippen LogP contribution in [0.25, 0.3) is 11.3 Å². The topological polar surface area (TPSA) is 42.2 Å². The van der Waals surface area contributed by atoms with Crippen LogP contribution in [0, 0.1) is 6.92 Å². The Labute approximate surface area is 133 Å². The fourth-order valence-electron chi connectivity index (χ4n) is 2.20. The maximum atomic E-state index is 12.4. The van der Waals surface area contributed by atoms with Gasteiger partial charge in [0.1, 0.15) is 11.5 Å². The van der Waals surface area contributed by atoms with Crippen molar-refractivity contribution in [2.75, 3.05) is 5.32 Å². The van der Waals surface area contributed by atoms with Gasteiger partial charge in [-0.05, 0) is 25.1 Å². The molecule has 3 aromatic rings. The van der Waals surface area contributed by atoms with Gasteiger partial charge in [0, 0.05) is 5.56 Å². The number of carbonyl (C=O) groups excluding carboxylic acids is 1. The first kappa shape index (κ1) is 14.4. The number of nitrogens with one attached hydrogen (secondary N) is 1. The van der Waals surface area contributed by atoms with E-state index in [1.54, 1.807) is 25.1 Å². The molecule has 2 aromatic carbocycles. The van der Waals surface area contributed by atoms with E-state index in [4.69, 9.17) is 16.0 Å². The highest BCUT2D eigenvalue weighted by Gasteiger charge is 2.16. The molecule has 1 aromatic heterocycles.